The summed E-state index contributed by atoms with van der Waals surface area (Å²) < 4.78 is 7.66. The number of halogens is 2. The number of carboxylic acid groups (broad SMARTS) is 1. The Balaban J connectivity index is 1.38. The molecule has 0 aromatic heterocycles. The van der Waals surface area contributed by atoms with Crippen LogP contribution >= 0.6 is 24.2 Å². The standard InChI is InChI=1S/C39H58ClINO3S/c1-27-10-13-31(40)24-34(27)29(17-22-42-23-20-38(3,4)25-42)16-21-41(6,26-46)36(37(43)44)33-9-7-8-28(2)35(33)30-11-14-32(15-12-30)45-39(5)18-19-39/h7-10,13,24,29-30,32,36,46H,11-12,14-23,25-26H2,1-6H3,(H,43,44)/q-1/t29-,30?,32?,36+/m1/s1. The topological polar surface area (TPSA) is 49.8 Å². The average Bonchev–Trinajstić information content (AvgIpc) is 3.62. The van der Waals surface area contributed by atoms with Crippen LogP contribution in [0.1, 0.15) is 122 Å². The molecule has 3 fully saturated rings. The molecule has 1 heterocycles. The SMILES string of the molecule is Cc1ccc(Cl)cc1[C@@H](CCN1CCC(C)(C)C1)CC[I-](C)(CS)[C@H](C(=O)O)c1cccc(C)c1C1CCC(OC2(C)CC2)CC1. The van der Waals surface area contributed by atoms with Gasteiger partial charge < -0.3 is 0 Å². The van der Waals surface area contributed by atoms with Crippen LogP contribution in [0.15, 0.2) is 36.4 Å². The summed E-state index contributed by atoms with van der Waals surface area (Å²) in [5.41, 5.74) is 6.72. The van der Waals surface area contributed by atoms with Crippen LogP contribution in [0.3, 0.4) is 0 Å². The molecule has 1 N–H and O–H groups in total. The van der Waals surface area contributed by atoms with Crippen LogP contribution in [0.5, 0.6) is 0 Å². The van der Waals surface area contributed by atoms with E-state index in [1.165, 1.54) is 41.5 Å². The second kappa shape index (κ2) is 15.0. The Labute approximate surface area is 293 Å². The van der Waals surface area contributed by atoms with E-state index in [4.69, 9.17) is 29.0 Å². The molecule has 2 aliphatic carbocycles. The quantitative estimate of drug-likeness (QED) is 0.128. The summed E-state index contributed by atoms with van der Waals surface area (Å²) in [5, 5.41) is 11.8. The number of hydrogen-bond donors (Lipinski definition) is 2. The zero-order valence-corrected chi connectivity index (χ0v) is 32.9. The molecule has 1 unspecified atom stereocenters. The fourth-order valence-electron chi connectivity index (χ4n) is 8.17. The van der Waals surface area contributed by atoms with Gasteiger partial charge in [-0.3, -0.25) is 0 Å². The zero-order valence-electron chi connectivity index (χ0n) is 29.1. The van der Waals surface area contributed by atoms with Gasteiger partial charge in [-0.15, -0.1) is 0 Å². The number of carbonyl (C=O) groups is 1. The molecule has 3 atom stereocenters. The van der Waals surface area contributed by atoms with E-state index in [2.05, 4.69) is 74.8 Å². The Hall–Kier alpha value is -0.800. The van der Waals surface area contributed by atoms with Crippen LogP contribution < -0.4 is 18.4 Å². The van der Waals surface area contributed by atoms with Crippen LogP contribution in [0, 0.1) is 19.3 Å². The van der Waals surface area contributed by atoms with E-state index in [1.54, 1.807) is 0 Å². The third-order valence-electron chi connectivity index (χ3n) is 11.3. The number of benzene rings is 2. The molecular formula is C39H58ClINO3S-. The van der Waals surface area contributed by atoms with Crippen molar-refractivity contribution in [2.24, 2.45) is 5.41 Å². The predicted molar refractivity (Wildman–Crippen MR) is 193 cm³/mol. The summed E-state index contributed by atoms with van der Waals surface area (Å²) in [6.07, 6.45) is 10.2. The number of ether oxygens (including phenoxy) is 1. The van der Waals surface area contributed by atoms with Crippen molar-refractivity contribution >= 4 is 30.2 Å². The molecule has 258 valence electrons. The number of rotatable bonds is 14. The Morgan fingerprint density at radius 2 is 1.76 bits per heavy atom. The molecule has 0 spiro atoms. The summed E-state index contributed by atoms with van der Waals surface area (Å²) in [7, 11) is 0. The minimum absolute atomic E-state index is 0.105. The third-order valence-corrected chi connectivity index (χ3v) is 24.0. The average molecular weight is 783 g/mol. The molecule has 1 aliphatic heterocycles. The maximum absolute atomic E-state index is 13.4. The van der Waals surface area contributed by atoms with E-state index in [9.17, 15) is 9.90 Å². The summed E-state index contributed by atoms with van der Waals surface area (Å²) >= 11 is 8.54. The molecule has 3 aliphatic rings. The van der Waals surface area contributed by atoms with E-state index in [1.807, 2.05) is 6.07 Å². The molecule has 1 saturated heterocycles. The number of nitrogens with zero attached hydrogens (tertiary/aromatic N) is 1. The molecule has 46 heavy (non-hydrogen) atoms. The van der Waals surface area contributed by atoms with E-state index in [0.29, 0.717) is 27.1 Å². The molecule has 0 radical (unpaired) electrons. The zero-order chi connectivity index (χ0) is 33.3. The van der Waals surface area contributed by atoms with Gasteiger partial charge in [-0.1, -0.05) is 0 Å². The van der Waals surface area contributed by atoms with Crippen LogP contribution in [0.25, 0.3) is 0 Å². The van der Waals surface area contributed by atoms with Gasteiger partial charge in [-0.25, -0.2) is 0 Å². The first-order chi connectivity index (χ1) is 21.7. The Morgan fingerprint density at radius 3 is 2.37 bits per heavy atom. The number of alkyl halides is 4. The van der Waals surface area contributed by atoms with E-state index < -0.39 is 28.3 Å². The molecular weight excluding hydrogens is 725 g/mol. The molecule has 2 aromatic carbocycles. The molecule has 5 rings (SSSR count). The second-order valence-electron chi connectivity index (χ2n) is 15.8. The van der Waals surface area contributed by atoms with Gasteiger partial charge in [0.05, 0.1) is 0 Å². The van der Waals surface area contributed by atoms with Gasteiger partial charge in [-0.05, 0) is 0 Å². The number of aryl methyl sites for hydroxylation is 2. The normalized spacial score (nSPS) is 25.8. The molecule has 7 heteroatoms. The molecule has 4 nitrogen and oxygen atoms in total. The van der Waals surface area contributed by atoms with Crippen molar-refractivity contribution in [1.82, 2.24) is 4.90 Å². The van der Waals surface area contributed by atoms with Gasteiger partial charge in [0.1, 0.15) is 0 Å². The van der Waals surface area contributed by atoms with E-state index >= 15 is 0 Å². The Kier molecular flexibility index (Phi) is 11.9. The van der Waals surface area contributed by atoms with Gasteiger partial charge in [0, 0.05) is 0 Å². The van der Waals surface area contributed by atoms with Crippen LogP contribution in [-0.2, 0) is 9.53 Å². The van der Waals surface area contributed by atoms with E-state index in [0.717, 1.165) is 73.2 Å². The molecule has 2 aromatic rings. The Morgan fingerprint density at radius 1 is 1.04 bits per heavy atom. The molecule has 0 amide bonds. The van der Waals surface area contributed by atoms with Crippen molar-refractivity contribution in [3.63, 3.8) is 0 Å². The van der Waals surface area contributed by atoms with Gasteiger partial charge >= 0.3 is 295 Å². The van der Waals surface area contributed by atoms with Gasteiger partial charge in [-0.2, -0.15) is 0 Å². The molecule has 2 saturated carbocycles. The van der Waals surface area contributed by atoms with Crippen molar-refractivity contribution in [3.05, 3.63) is 69.2 Å². The van der Waals surface area contributed by atoms with Crippen LogP contribution in [0.2, 0.25) is 5.02 Å². The first kappa shape index (κ1) is 36.5. The second-order valence-corrected chi connectivity index (χ2v) is 28.0. The summed E-state index contributed by atoms with van der Waals surface area (Å²) in [6, 6.07) is 12.7. The summed E-state index contributed by atoms with van der Waals surface area (Å²) in [5.74, 6) is 0.0789. The number of hydrogen-bond acceptors (Lipinski definition) is 4. The number of thiol groups is 1. The first-order valence-corrected chi connectivity index (χ1v) is 24.9. The first-order valence-electron chi connectivity index (χ1n) is 17.5. The van der Waals surface area contributed by atoms with Crippen molar-refractivity contribution in [2.75, 3.05) is 32.8 Å². The van der Waals surface area contributed by atoms with Crippen molar-refractivity contribution < 1.29 is 33.1 Å². The molecule has 0 bridgehead atoms. The minimum atomic E-state index is -2.99. The number of aliphatic carboxylic acids is 1. The third kappa shape index (κ3) is 8.86. The number of carboxylic acids is 1. The predicted octanol–water partition coefficient (Wildman–Crippen LogP) is 6.65. The summed E-state index contributed by atoms with van der Waals surface area (Å²) in [6.45, 7) is 14.7. The van der Waals surface area contributed by atoms with Crippen LogP contribution in [0.4, 0.5) is 0 Å². The van der Waals surface area contributed by atoms with Gasteiger partial charge in [0.25, 0.3) is 0 Å². The van der Waals surface area contributed by atoms with E-state index in [-0.39, 0.29) is 5.60 Å². The Bertz CT molecular complexity index is 1370. The van der Waals surface area contributed by atoms with Crippen molar-refractivity contribution in [2.45, 2.75) is 120 Å². The number of likely N-dealkylation sites (tertiary alicyclic amines) is 1. The van der Waals surface area contributed by atoms with Crippen molar-refractivity contribution in [1.29, 1.82) is 0 Å². The summed E-state index contributed by atoms with van der Waals surface area (Å²) in [4.78, 5) is 18.4. The maximum atomic E-state index is 13.4. The van der Waals surface area contributed by atoms with Crippen molar-refractivity contribution in [3.8, 4) is 0 Å². The fourth-order valence-corrected chi connectivity index (χ4v) is 17.1. The van der Waals surface area contributed by atoms with Gasteiger partial charge in [0.15, 0.2) is 0 Å². The fraction of sp³-hybridized carbons (Fsp3) is 0.667. The van der Waals surface area contributed by atoms with Crippen LogP contribution in [-0.4, -0.2) is 60.4 Å². The monoisotopic (exact) mass is 782 g/mol. The van der Waals surface area contributed by atoms with Gasteiger partial charge in [0.2, 0.25) is 0 Å².